The fourth-order valence-corrected chi connectivity index (χ4v) is 2.86. The Morgan fingerprint density at radius 2 is 1.70 bits per heavy atom. The Bertz CT molecular complexity index is 1270. The summed E-state index contributed by atoms with van der Waals surface area (Å²) in [6.45, 7) is 0. The number of methoxy groups -OCH3 is 1. The first-order valence-corrected chi connectivity index (χ1v) is 8.84. The Hall–Kier alpha value is -3.90. The molecule has 3 aromatic rings. The molecule has 0 aliphatic heterocycles. The number of hydrogen-bond donors (Lipinski definition) is 2. The lowest BCUT2D eigenvalue weighted by molar-refractivity contribution is -0.141. The van der Waals surface area contributed by atoms with Crippen LogP contribution in [0.4, 0.5) is 36.4 Å². The van der Waals surface area contributed by atoms with Crippen LogP contribution in [0.2, 0.25) is 0 Å². The highest BCUT2D eigenvalue weighted by Gasteiger charge is 2.36. The van der Waals surface area contributed by atoms with Gasteiger partial charge in [0.25, 0.3) is 5.91 Å². The van der Waals surface area contributed by atoms with E-state index in [0.29, 0.717) is 12.3 Å². The van der Waals surface area contributed by atoms with Crippen LogP contribution >= 0.6 is 0 Å². The molecule has 13 heteroatoms. The number of nitrogens with one attached hydrogen (secondary N) is 2. The maximum absolute atomic E-state index is 14.4. The van der Waals surface area contributed by atoms with E-state index in [0.717, 1.165) is 31.4 Å². The Morgan fingerprint density at radius 3 is 2.30 bits per heavy atom. The maximum atomic E-state index is 14.4. The van der Waals surface area contributed by atoms with Gasteiger partial charge in [-0.25, -0.2) is 9.37 Å². The highest BCUT2D eigenvalue weighted by atomic mass is 19.4. The zero-order chi connectivity index (χ0) is 24.6. The van der Waals surface area contributed by atoms with E-state index in [4.69, 9.17) is 4.74 Å². The van der Waals surface area contributed by atoms with Gasteiger partial charge in [0.1, 0.15) is 11.5 Å². The van der Waals surface area contributed by atoms with Crippen LogP contribution in [0.1, 0.15) is 21.6 Å². The van der Waals surface area contributed by atoms with Gasteiger partial charge in [-0.2, -0.15) is 26.3 Å². The number of ether oxygens (including phenoxy) is 1. The molecule has 1 amide bonds. The number of anilines is 1. The molecule has 6 nitrogen and oxygen atoms in total. The smallest absolute Gasteiger partial charge is 0.433 e. The summed E-state index contributed by atoms with van der Waals surface area (Å²) in [5, 5.41) is 2.13. The minimum absolute atomic E-state index is 0.183. The summed E-state index contributed by atoms with van der Waals surface area (Å²) in [4.78, 5) is 28.9. The normalized spacial score (nSPS) is 11.9. The van der Waals surface area contributed by atoms with E-state index in [1.165, 1.54) is 0 Å². The van der Waals surface area contributed by atoms with E-state index >= 15 is 0 Å². The average molecular weight is 475 g/mol. The summed E-state index contributed by atoms with van der Waals surface area (Å²) in [6.07, 6.45) is -9.21. The number of carbonyl (C=O) groups is 1. The van der Waals surface area contributed by atoms with Crippen molar-refractivity contribution in [3.05, 3.63) is 75.6 Å². The monoisotopic (exact) mass is 475 g/mol. The highest BCUT2D eigenvalue weighted by Crippen LogP contribution is 2.36. The van der Waals surface area contributed by atoms with Gasteiger partial charge in [-0.3, -0.25) is 9.59 Å². The van der Waals surface area contributed by atoms with Gasteiger partial charge in [0.2, 0.25) is 11.4 Å². The van der Waals surface area contributed by atoms with Gasteiger partial charge in [-0.1, -0.05) is 0 Å². The molecule has 174 valence electrons. The first kappa shape index (κ1) is 23.8. The second-order valence-corrected chi connectivity index (χ2v) is 6.52. The number of H-pyrrole nitrogens is 1. The molecule has 0 aliphatic carbocycles. The summed E-state index contributed by atoms with van der Waals surface area (Å²) < 4.78 is 97.5. The number of pyridine rings is 2. The van der Waals surface area contributed by atoms with E-state index in [1.54, 1.807) is 0 Å². The van der Waals surface area contributed by atoms with Gasteiger partial charge in [0.15, 0.2) is 0 Å². The molecule has 0 saturated carbocycles. The number of nitrogens with zero attached hydrogens (tertiary/aromatic N) is 1. The quantitative estimate of drug-likeness (QED) is 0.528. The van der Waals surface area contributed by atoms with Crippen molar-refractivity contribution in [3.8, 4) is 17.0 Å². The van der Waals surface area contributed by atoms with Crippen molar-refractivity contribution < 1.29 is 40.3 Å². The Labute approximate surface area is 180 Å². The second-order valence-electron chi connectivity index (χ2n) is 6.52. The van der Waals surface area contributed by atoms with E-state index in [-0.39, 0.29) is 22.9 Å². The average Bonchev–Trinajstić information content (AvgIpc) is 2.73. The van der Waals surface area contributed by atoms with Crippen LogP contribution < -0.4 is 15.6 Å². The summed E-state index contributed by atoms with van der Waals surface area (Å²) in [5.74, 6) is -2.76. The fourth-order valence-electron chi connectivity index (χ4n) is 2.86. The van der Waals surface area contributed by atoms with Gasteiger partial charge in [-0.05, 0) is 30.3 Å². The fraction of sp³-hybridized carbons (Fsp3) is 0.150. The standard InChI is InChI=1S/C20H12F7N3O3/c1-33-18-10(3-5-15(30-18)20(25,26)27)11-6-9(2-4-14(11)21)29-17(32)12-8-28-16(31)7-13(12)19(22,23)24/h2-8H,1H3,(H,28,31)(H,29,32). The molecule has 1 aromatic carbocycles. The third-order valence-electron chi connectivity index (χ3n) is 4.33. The van der Waals surface area contributed by atoms with Gasteiger partial charge in [0.05, 0.1) is 18.2 Å². The summed E-state index contributed by atoms with van der Waals surface area (Å²) >= 11 is 0. The Morgan fingerprint density at radius 1 is 1.00 bits per heavy atom. The van der Waals surface area contributed by atoms with Crippen LogP contribution in [0.5, 0.6) is 5.88 Å². The third kappa shape index (κ3) is 5.13. The van der Waals surface area contributed by atoms with E-state index < -0.39 is 52.3 Å². The van der Waals surface area contributed by atoms with Crippen molar-refractivity contribution in [2.75, 3.05) is 12.4 Å². The minimum Gasteiger partial charge on any atom is -0.481 e. The summed E-state index contributed by atoms with van der Waals surface area (Å²) in [7, 11) is 1.02. The molecule has 0 bridgehead atoms. The number of aromatic amines is 1. The van der Waals surface area contributed by atoms with Crippen LogP contribution in [0.3, 0.4) is 0 Å². The molecule has 0 radical (unpaired) electrons. The topological polar surface area (TPSA) is 84.1 Å². The number of hydrogen-bond acceptors (Lipinski definition) is 4. The van der Waals surface area contributed by atoms with Crippen LogP contribution in [-0.4, -0.2) is 23.0 Å². The van der Waals surface area contributed by atoms with Crippen molar-refractivity contribution in [2.45, 2.75) is 12.4 Å². The Kier molecular flexibility index (Phi) is 6.16. The van der Waals surface area contributed by atoms with Crippen LogP contribution in [0.15, 0.2) is 47.4 Å². The number of amides is 1. The number of halogens is 7. The van der Waals surface area contributed by atoms with E-state index in [2.05, 4.69) is 10.3 Å². The molecular weight excluding hydrogens is 463 g/mol. The summed E-state index contributed by atoms with van der Waals surface area (Å²) in [5.41, 5.74) is -5.46. The molecule has 2 heterocycles. The number of alkyl halides is 6. The zero-order valence-electron chi connectivity index (χ0n) is 16.4. The molecule has 3 rings (SSSR count). The molecule has 2 aromatic heterocycles. The molecule has 0 spiro atoms. The molecule has 2 N–H and O–H groups in total. The van der Waals surface area contributed by atoms with Crippen molar-refractivity contribution in [1.82, 2.24) is 9.97 Å². The lowest BCUT2D eigenvalue weighted by atomic mass is 10.0. The Balaban J connectivity index is 2.00. The van der Waals surface area contributed by atoms with Crippen LogP contribution in [0, 0.1) is 5.82 Å². The summed E-state index contributed by atoms with van der Waals surface area (Å²) in [6, 6.07) is 4.57. The molecule has 0 fully saturated rings. The van der Waals surface area contributed by atoms with Gasteiger partial charge in [0, 0.05) is 29.1 Å². The molecule has 0 aliphatic rings. The minimum atomic E-state index is -5.01. The first-order valence-electron chi connectivity index (χ1n) is 8.84. The number of benzene rings is 1. The molecular formula is C20H12F7N3O3. The number of rotatable bonds is 4. The largest absolute Gasteiger partial charge is 0.481 e. The number of aromatic nitrogens is 2. The van der Waals surface area contributed by atoms with E-state index in [1.807, 2.05) is 4.98 Å². The predicted molar refractivity (Wildman–Crippen MR) is 101 cm³/mol. The SMILES string of the molecule is COc1nc(C(F)(F)F)ccc1-c1cc(NC(=O)c2c[nH]c(=O)cc2C(F)(F)F)ccc1F. The van der Waals surface area contributed by atoms with Gasteiger partial charge in [-0.15, -0.1) is 0 Å². The highest BCUT2D eigenvalue weighted by molar-refractivity contribution is 6.05. The van der Waals surface area contributed by atoms with Crippen molar-refractivity contribution >= 4 is 11.6 Å². The van der Waals surface area contributed by atoms with Crippen LogP contribution in [0.25, 0.3) is 11.1 Å². The molecule has 0 atom stereocenters. The van der Waals surface area contributed by atoms with Crippen LogP contribution in [-0.2, 0) is 12.4 Å². The van der Waals surface area contributed by atoms with E-state index in [9.17, 15) is 40.3 Å². The second kappa shape index (κ2) is 8.56. The van der Waals surface area contributed by atoms with Crippen molar-refractivity contribution in [1.29, 1.82) is 0 Å². The molecule has 0 unspecified atom stereocenters. The number of carbonyl (C=O) groups excluding carboxylic acids is 1. The molecule has 0 saturated heterocycles. The van der Waals surface area contributed by atoms with Crippen molar-refractivity contribution in [2.24, 2.45) is 0 Å². The third-order valence-corrected chi connectivity index (χ3v) is 4.33. The van der Waals surface area contributed by atoms with Gasteiger partial charge < -0.3 is 15.0 Å². The lowest BCUT2D eigenvalue weighted by Gasteiger charge is -2.14. The maximum Gasteiger partial charge on any atom is 0.433 e. The van der Waals surface area contributed by atoms with Crippen molar-refractivity contribution in [3.63, 3.8) is 0 Å². The predicted octanol–water partition coefficient (Wildman–Crippen LogP) is 4.87. The molecule has 33 heavy (non-hydrogen) atoms. The first-order chi connectivity index (χ1) is 15.3. The van der Waals surface area contributed by atoms with Gasteiger partial charge >= 0.3 is 12.4 Å². The zero-order valence-corrected chi connectivity index (χ0v) is 16.4. The lowest BCUT2D eigenvalue weighted by Crippen LogP contribution is -2.22.